The van der Waals surface area contributed by atoms with Crippen LogP contribution in [-0.2, 0) is 10.0 Å². The van der Waals surface area contributed by atoms with E-state index in [9.17, 15) is 8.42 Å². The second-order valence-corrected chi connectivity index (χ2v) is 12.1. The Kier molecular flexibility index (Phi) is 8.20. The molecule has 34 heavy (non-hydrogen) atoms. The highest BCUT2D eigenvalue weighted by Gasteiger charge is 2.36. The van der Waals surface area contributed by atoms with Crippen molar-refractivity contribution in [3.05, 3.63) is 46.2 Å². The van der Waals surface area contributed by atoms with Gasteiger partial charge in [-0.15, -0.1) is 0 Å². The van der Waals surface area contributed by atoms with Crippen LogP contribution in [-0.4, -0.2) is 68.8 Å². The number of nitrogens with zero attached hydrogens (tertiary/aromatic N) is 4. The Morgan fingerprint density at radius 1 is 1.18 bits per heavy atom. The highest BCUT2D eigenvalue weighted by atomic mass is 35.5. The molecule has 0 unspecified atom stereocenters. The Hall–Kier alpha value is -1.65. The van der Waals surface area contributed by atoms with Gasteiger partial charge in [-0.05, 0) is 62.9 Å². The quantitative estimate of drug-likeness (QED) is 0.515. The van der Waals surface area contributed by atoms with Crippen molar-refractivity contribution >= 4 is 44.9 Å². The van der Waals surface area contributed by atoms with E-state index in [-0.39, 0.29) is 11.8 Å². The molecule has 1 aromatic carbocycles. The molecule has 2 aliphatic rings. The zero-order valence-electron chi connectivity index (χ0n) is 19.5. The van der Waals surface area contributed by atoms with Crippen LogP contribution in [0.1, 0.15) is 31.4 Å². The first kappa shape index (κ1) is 25.4. The summed E-state index contributed by atoms with van der Waals surface area (Å²) in [6.45, 7) is 6.45. The lowest BCUT2D eigenvalue weighted by Gasteiger charge is -2.47. The van der Waals surface area contributed by atoms with Crippen LogP contribution in [0.25, 0.3) is 0 Å². The number of piperidine rings is 1. The fourth-order valence-electron chi connectivity index (χ4n) is 4.76. The van der Waals surface area contributed by atoms with Gasteiger partial charge in [0.05, 0.1) is 24.2 Å². The van der Waals surface area contributed by atoms with Crippen molar-refractivity contribution in [2.45, 2.75) is 25.8 Å². The van der Waals surface area contributed by atoms with Gasteiger partial charge in [-0.3, -0.25) is 4.98 Å². The topological polar surface area (TPSA) is 90.5 Å². The van der Waals surface area contributed by atoms with Gasteiger partial charge in [-0.25, -0.2) is 18.1 Å². The summed E-state index contributed by atoms with van der Waals surface area (Å²) in [5.74, 6) is 2.90. The van der Waals surface area contributed by atoms with Crippen LogP contribution in [0, 0.1) is 11.8 Å². The van der Waals surface area contributed by atoms with Gasteiger partial charge < -0.3 is 15.1 Å². The van der Waals surface area contributed by atoms with Gasteiger partial charge >= 0.3 is 0 Å². The van der Waals surface area contributed by atoms with E-state index >= 15 is 0 Å². The molecule has 0 aliphatic carbocycles. The van der Waals surface area contributed by atoms with Crippen molar-refractivity contribution in [2.24, 2.45) is 11.8 Å². The first-order chi connectivity index (χ1) is 16.2. The molecule has 186 valence electrons. The Labute approximate surface area is 212 Å². The number of hydrogen-bond acceptors (Lipinski definition) is 7. The van der Waals surface area contributed by atoms with Crippen LogP contribution < -0.4 is 14.9 Å². The number of aromatic nitrogens is 2. The summed E-state index contributed by atoms with van der Waals surface area (Å²) in [7, 11) is -1.69. The number of nitrogens with one attached hydrogen (secondary N) is 2. The fraction of sp³-hybridized carbons (Fsp3) is 0.565. The summed E-state index contributed by atoms with van der Waals surface area (Å²) < 4.78 is 25.9. The number of sulfonamides is 1. The Bertz CT molecular complexity index is 1100. The molecule has 2 N–H and O–H groups in total. The third-order valence-corrected chi connectivity index (χ3v) is 8.75. The highest BCUT2D eigenvalue weighted by molar-refractivity contribution is 7.89. The molecular formula is C23H32Cl2N6O2S. The lowest BCUT2D eigenvalue weighted by Crippen LogP contribution is -2.54. The lowest BCUT2D eigenvalue weighted by molar-refractivity contribution is 0.125. The number of halogens is 2. The number of anilines is 2. The maximum atomic E-state index is 11.8. The van der Waals surface area contributed by atoms with E-state index in [1.807, 2.05) is 19.1 Å². The van der Waals surface area contributed by atoms with Crippen LogP contribution >= 0.6 is 23.2 Å². The van der Waals surface area contributed by atoms with E-state index in [2.05, 4.69) is 24.8 Å². The maximum absolute atomic E-state index is 11.8. The summed E-state index contributed by atoms with van der Waals surface area (Å²) in [6, 6.07) is 5.44. The van der Waals surface area contributed by atoms with Gasteiger partial charge in [0.2, 0.25) is 10.0 Å². The van der Waals surface area contributed by atoms with Gasteiger partial charge in [-0.1, -0.05) is 29.3 Å². The smallest absolute Gasteiger partial charge is 0.212 e. The van der Waals surface area contributed by atoms with Crippen LogP contribution in [0.3, 0.4) is 0 Å². The van der Waals surface area contributed by atoms with Crippen LogP contribution in [0.5, 0.6) is 0 Å². The van der Waals surface area contributed by atoms with Gasteiger partial charge in [0.1, 0.15) is 11.6 Å². The normalized spacial score (nSPS) is 20.7. The predicted molar refractivity (Wildman–Crippen MR) is 138 cm³/mol. The molecule has 0 amide bonds. The van der Waals surface area contributed by atoms with Crippen molar-refractivity contribution in [3.8, 4) is 0 Å². The van der Waals surface area contributed by atoms with E-state index in [0.717, 1.165) is 44.0 Å². The minimum absolute atomic E-state index is 0.0431. The first-order valence-corrected chi connectivity index (χ1v) is 14.1. The van der Waals surface area contributed by atoms with Crippen LogP contribution in [0.15, 0.2) is 30.6 Å². The average molecular weight is 528 g/mol. The van der Waals surface area contributed by atoms with E-state index in [1.165, 1.54) is 13.5 Å². The number of benzene rings is 1. The summed E-state index contributed by atoms with van der Waals surface area (Å²) >= 11 is 12.4. The van der Waals surface area contributed by atoms with E-state index in [0.29, 0.717) is 34.2 Å². The van der Waals surface area contributed by atoms with Gasteiger partial charge in [0.15, 0.2) is 0 Å². The molecule has 0 bridgehead atoms. The number of likely N-dealkylation sites (tertiary alicyclic amines) is 1. The van der Waals surface area contributed by atoms with E-state index in [4.69, 9.17) is 28.2 Å². The molecule has 2 aliphatic heterocycles. The molecule has 4 rings (SSSR count). The molecule has 2 aromatic rings. The fourth-order valence-corrected chi connectivity index (χ4v) is 6.03. The van der Waals surface area contributed by atoms with Crippen molar-refractivity contribution < 1.29 is 8.42 Å². The van der Waals surface area contributed by atoms with Gasteiger partial charge in [0.25, 0.3) is 0 Å². The number of rotatable bonds is 9. The predicted octanol–water partition coefficient (Wildman–Crippen LogP) is 3.65. The third kappa shape index (κ3) is 6.31. The molecule has 0 spiro atoms. The summed E-state index contributed by atoms with van der Waals surface area (Å²) in [5, 5.41) is 4.61. The molecule has 3 heterocycles. The largest absolute Gasteiger partial charge is 0.362 e. The molecule has 2 atom stereocenters. The Balaban J connectivity index is 1.30. The third-order valence-electron chi connectivity index (χ3n) is 6.84. The summed E-state index contributed by atoms with van der Waals surface area (Å²) in [6.07, 6.45) is 5.84. The standard InChI is InChI=1S/C23H32Cl2N6O2S/c1-16(20-6-5-19(24)10-21(20)25)28-22-11-27-12-23(29-22)31-14-18(15-31)17-4-3-7-30(13-17)8-9-34(32,33)26-2/h5-6,10-12,16-18,26H,3-4,7-9,13-15H2,1-2H3,(H,28,29)/t16-,17-/m1/s1. The molecule has 8 nitrogen and oxygen atoms in total. The monoisotopic (exact) mass is 526 g/mol. The summed E-state index contributed by atoms with van der Waals surface area (Å²) in [5.41, 5.74) is 0.951. The Morgan fingerprint density at radius 2 is 1.97 bits per heavy atom. The van der Waals surface area contributed by atoms with Crippen LogP contribution in [0.2, 0.25) is 10.0 Å². The minimum Gasteiger partial charge on any atom is -0.362 e. The highest BCUT2D eigenvalue weighted by Crippen LogP contribution is 2.34. The molecular weight excluding hydrogens is 495 g/mol. The summed E-state index contributed by atoms with van der Waals surface area (Å²) in [4.78, 5) is 13.7. The van der Waals surface area contributed by atoms with Crippen LogP contribution in [0.4, 0.5) is 11.6 Å². The van der Waals surface area contributed by atoms with Crippen molar-refractivity contribution in [1.82, 2.24) is 19.6 Å². The van der Waals surface area contributed by atoms with E-state index < -0.39 is 10.0 Å². The van der Waals surface area contributed by atoms with Crippen molar-refractivity contribution in [3.63, 3.8) is 0 Å². The minimum atomic E-state index is -3.16. The Morgan fingerprint density at radius 3 is 2.71 bits per heavy atom. The lowest BCUT2D eigenvalue weighted by atomic mass is 9.80. The molecule has 0 saturated carbocycles. The maximum Gasteiger partial charge on any atom is 0.212 e. The van der Waals surface area contributed by atoms with Gasteiger partial charge in [0, 0.05) is 36.2 Å². The zero-order chi connectivity index (χ0) is 24.3. The number of hydrogen-bond donors (Lipinski definition) is 2. The van der Waals surface area contributed by atoms with E-state index in [1.54, 1.807) is 18.5 Å². The zero-order valence-corrected chi connectivity index (χ0v) is 21.9. The molecule has 11 heteroatoms. The molecule has 1 aromatic heterocycles. The molecule has 2 saturated heterocycles. The first-order valence-electron chi connectivity index (χ1n) is 11.7. The SMILES string of the molecule is CNS(=O)(=O)CCN1CCC[C@@H](C2CN(c3cncc(N[C@H](C)c4ccc(Cl)cc4Cl)n3)C2)C1. The van der Waals surface area contributed by atoms with Crippen molar-refractivity contribution in [1.29, 1.82) is 0 Å². The molecule has 2 fully saturated rings. The van der Waals surface area contributed by atoms with Gasteiger partial charge in [-0.2, -0.15) is 0 Å². The molecule has 0 radical (unpaired) electrons. The van der Waals surface area contributed by atoms with Crippen molar-refractivity contribution in [2.75, 3.05) is 55.7 Å². The second kappa shape index (κ2) is 11.0. The average Bonchev–Trinajstić information content (AvgIpc) is 2.77. The second-order valence-electron chi connectivity index (χ2n) is 9.19.